The first-order valence-corrected chi connectivity index (χ1v) is 5.51. The standard InChI is InChI=1S/C13H11N2O3/c1-8-6-7-11-12(13(8)16)15(18)10-5-3-2-4-9(10)14(11)17/h2-7,17H,1H3,(H,16,18)/q+1/p+1. The summed E-state index contributed by atoms with van der Waals surface area (Å²) in [6, 6.07) is 10.2. The summed E-state index contributed by atoms with van der Waals surface area (Å²) in [5.74, 6) is -0.0523. The molecule has 0 aliphatic rings. The number of fused-ring (bicyclic) bond motifs is 2. The maximum absolute atomic E-state index is 10.2. The minimum atomic E-state index is -0.0523. The van der Waals surface area contributed by atoms with E-state index in [1.54, 1.807) is 43.3 Å². The van der Waals surface area contributed by atoms with Gasteiger partial charge >= 0.3 is 22.1 Å². The molecule has 0 fully saturated rings. The summed E-state index contributed by atoms with van der Waals surface area (Å²) >= 11 is 0. The van der Waals surface area contributed by atoms with Gasteiger partial charge in [-0.1, -0.05) is 12.1 Å². The van der Waals surface area contributed by atoms with Gasteiger partial charge in [0.15, 0.2) is 0 Å². The lowest BCUT2D eigenvalue weighted by Crippen LogP contribution is -2.42. The molecule has 5 nitrogen and oxygen atoms in total. The molecular weight excluding hydrogens is 232 g/mol. The first-order chi connectivity index (χ1) is 8.61. The molecule has 0 atom stereocenters. The van der Waals surface area contributed by atoms with Crippen molar-refractivity contribution < 1.29 is 25.0 Å². The van der Waals surface area contributed by atoms with Crippen LogP contribution in [0.15, 0.2) is 36.4 Å². The van der Waals surface area contributed by atoms with Crippen molar-refractivity contribution >= 4 is 22.1 Å². The van der Waals surface area contributed by atoms with Crippen molar-refractivity contribution in [3.05, 3.63) is 42.0 Å². The van der Waals surface area contributed by atoms with E-state index in [0.29, 0.717) is 22.1 Å². The van der Waals surface area contributed by atoms with Crippen LogP contribution in [0.3, 0.4) is 0 Å². The minimum absolute atomic E-state index is 0.0523. The van der Waals surface area contributed by atoms with E-state index in [2.05, 4.69) is 0 Å². The summed E-state index contributed by atoms with van der Waals surface area (Å²) in [6.45, 7) is 1.73. The van der Waals surface area contributed by atoms with Gasteiger partial charge in [-0.05, 0) is 18.6 Å². The second-order valence-corrected chi connectivity index (χ2v) is 4.21. The molecule has 1 heterocycles. The van der Waals surface area contributed by atoms with E-state index in [1.807, 2.05) is 0 Å². The molecule has 0 aliphatic carbocycles. The van der Waals surface area contributed by atoms with E-state index >= 15 is 0 Å². The first-order valence-electron chi connectivity index (χ1n) is 5.51. The van der Waals surface area contributed by atoms with Gasteiger partial charge in [-0.3, -0.25) is 10.4 Å². The molecule has 18 heavy (non-hydrogen) atoms. The average Bonchev–Trinajstić information content (AvgIpc) is 2.39. The van der Waals surface area contributed by atoms with Gasteiger partial charge in [0, 0.05) is 27.7 Å². The highest BCUT2D eigenvalue weighted by atomic mass is 16.5. The highest BCUT2D eigenvalue weighted by Gasteiger charge is 2.31. The van der Waals surface area contributed by atoms with E-state index in [0.717, 1.165) is 9.46 Å². The quantitative estimate of drug-likeness (QED) is 0.314. The predicted molar refractivity (Wildman–Crippen MR) is 62.6 cm³/mol. The lowest BCUT2D eigenvalue weighted by molar-refractivity contribution is -0.894. The Hall–Kier alpha value is -2.56. The number of hydrogen-bond acceptors (Lipinski definition) is 3. The second kappa shape index (κ2) is 3.46. The minimum Gasteiger partial charge on any atom is -0.502 e. The third-order valence-corrected chi connectivity index (χ3v) is 3.11. The lowest BCUT2D eigenvalue weighted by Gasteiger charge is -1.99. The summed E-state index contributed by atoms with van der Waals surface area (Å²) in [6.07, 6.45) is 0. The van der Waals surface area contributed by atoms with E-state index in [4.69, 9.17) is 0 Å². The van der Waals surface area contributed by atoms with Crippen molar-refractivity contribution in [2.45, 2.75) is 6.92 Å². The Morgan fingerprint density at radius 3 is 2.11 bits per heavy atom. The van der Waals surface area contributed by atoms with Gasteiger partial charge in [0.25, 0.3) is 0 Å². The number of aromatic hydroxyl groups is 1. The molecule has 0 aliphatic heterocycles. The SMILES string of the molecule is Cc1ccc2c(c1O)[n+](O)c1ccccc1[n+]2O. The molecule has 0 saturated carbocycles. The molecule has 90 valence electrons. The number of para-hydroxylation sites is 2. The molecule has 3 aromatic rings. The Balaban J connectivity index is 2.67. The van der Waals surface area contributed by atoms with Gasteiger partial charge < -0.3 is 5.11 Å². The van der Waals surface area contributed by atoms with Crippen LogP contribution >= 0.6 is 0 Å². The number of benzene rings is 2. The first kappa shape index (κ1) is 10.6. The van der Waals surface area contributed by atoms with Crippen LogP contribution in [0.25, 0.3) is 22.1 Å². The average molecular weight is 244 g/mol. The van der Waals surface area contributed by atoms with Crippen LogP contribution in [0.4, 0.5) is 0 Å². The highest BCUT2D eigenvalue weighted by Crippen LogP contribution is 2.24. The van der Waals surface area contributed by atoms with Crippen LogP contribution in [0.2, 0.25) is 0 Å². The number of rotatable bonds is 0. The molecule has 0 bridgehead atoms. The van der Waals surface area contributed by atoms with Gasteiger partial charge in [-0.25, -0.2) is 0 Å². The van der Waals surface area contributed by atoms with E-state index in [-0.39, 0.29) is 11.3 Å². The van der Waals surface area contributed by atoms with Gasteiger partial charge in [-0.15, -0.1) is 0 Å². The van der Waals surface area contributed by atoms with Gasteiger partial charge in [-0.2, -0.15) is 0 Å². The maximum atomic E-state index is 10.2. The highest BCUT2D eigenvalue weighted by molar-refractivity contribution is 5.80. The molecule has 0 saturated heterocycles. The maximum Gasteiger partial charge on any atom is 0.375 e. The molecule has 5 heteroatoms. The number of phenols is 1. The second-order valence-electron chi connectivity index (χ2n) is 4.21. The zero-order valence-electron chi connectivity index (χ0n) is 9.70. The number of aromatic nitrogens is 2. The van der Waals surface area contributed by atoms with E-state index < -0.39 is 0 Å². The van der Waals surface area contributed by atoms with Crippen LogP contribution in [-0.4, -0.2) is 15.5 Å². The predicted octanol–water partition coefficient (Wildman–Crippen LogP) is 1.06. The van der Waals surface area contributed by atoms with Crippen LogP contribution in [0.1, 0.15) is 5.56 Å². The monoisotopic (exact) mass is 244 g/mol. The fraction of sp³-hybridized carbons (Fsp3) is 0.0769. The Kier molecular flexibility index (Phi) is 2.04. The molecule has 3 N–H and O–H groups in total. The van der Waals surface area contributed by atoms with Crippen LogP contribution in [0.5, 0.6) is 5.75 Å². The van der Waals surface area contributed by atoms with Crippen LogP contribution in [-0.2, 0) is 0 Å². The number of phenolic OH excluding ortho intramolecular Hbond substituents is 1. The summed E-state index contributed by atoms with van der Waals surface area (Å²) < 4.78 is 1.84. The molecule has 2 aromatic carbocycles. The van der Waals surface area contributed by atoms with Crippen LogP contribution < -0.4 is 9.46 Å². The number of nitrogens with zero attached hydrogens (tertiary/aromatic N) is 2. The fourth-order valence-corrected chi connectivity index (χ4v) is 2.12. The fourth-order valence-electron chi connectivity index (χ4n) is 2.12. The molecule has 0 radical (unpaired) electrons. The van der Waals surface area contributed by atoms with E-state index in [1.165, 1.54) is 0 Å². The smallest absolute Gasteiger partial charge is 0.375 e. The van der Waals surface area contributed by atoms with Crippen molar-refractivity contribution in [2.75, 3.05) is 0 Å². The number of hydrogen-bond donors (Lipinski definition) is 3. The van der Waals surface area contributed by atoms with Gasteiger partial charge in [0.2, 0.25) is 5.75 Å². The molecule has 3 rings (SSSR count). The Morgan fingerprint density at radius 1 is 0.833 bits per heavy atom. The van der Waals surface area contributed by atoms with E-state index in [9.17, 15) is 15.5 Å². The lowest BCUT2D eigenvalue weighted by atomic mass is 10.1. The van der Waals surface area contributed by atoms with Gasteiger partial charge in [0.1, 0.15) is 0 Å². The molecule has 1 aromatic heterocycles. The van der Waals surface area contributed by atoms with Gasteiger partial charge in [0.05, 0.1) is 0 Å². The van der Waals surface area contributed by atoms with Crippen molar-refractivity contribution in [3.8, 4) is 5.75 Å². The molecule has 0 unspecified atom stereocenters. The van der Waals surface area contributed by atoms with Crippen LogP contribution in [0, 0.1) is 6.92 Å². The number of aryl methyl sites for hydroxylation is 1. The Labute approximate surface area is 102 Å². The Bertz CT molecular complexity index is 784. The Morgan fingerprint density at radius 2 is 1.44 bits per heavy atom. The summed E-state index contributed by atoms with van der Waals surface area (Å²) in [7, 11) is 0. The van der Waals surface area contributed by atoms with Crippen molar-refractivity contribution in [1.29, 1.82) is 0 Å². The third kappa shape index (κ3) is 1.21. The molecule has 0 spiro atoms. The summed E-state index contributed by atoms with van der Waals surface area (Å²) in [5, 5.41) is 30.3. The largest absolute Gasteiger partial charge is 0.502 e. The van der Waals surface area contributed by atoms with Crippen molar-refractivity contribution in [3.63, 3.8) is 0 Å². The zero-order valence-corrected chi connectivity index (χ0v) is 9.70. The zero-order chi connectivity index (χ0) is 12.9. The molecular formula is C13H12N2O3+2. The van der Waals surface area contributed by atoms with Crippen molar-refractivity contribution in [1.82, 2.24) is 0 Å². The summed E-state index contributed by atoms with van der Waals surface area (Å²) in [5.41, 5.74) is 2.00. The topological polar surface area (TPSA) is 68.5 Å². The normalized spacial score (nSPS) is 11.2. The van der Waals surface area contributed by atoms with Crippen molar-refractivity contribution in [2.24, 2.45) is 0 Å². The molecule has 0 amide bonds. The summed E-state index contributed by atoms with van der Waals surface area (Å²) in [4.78, 5) is 0. The third-order valence-electron chi connectivity index (χ3n) is 3.11.